The highest BCUT2D eigenvalue weighted by Gasteiger charge is 1.97. The summed E-state index contributed by atoms with van der Waals surface area (Å²) in [5, 5.41) is 8.61. The average Bonchev–Trinajstić information content (AvgIpc) is 2.66. The fourth-order valence-corrected chi connectivity index (χ4v) is 2.55. The lowest BCUT2D eigenvalue weighted by Crippen LogP contribution is -1.96. The fourth-order valence-electron chi connectivity index (χ4n) is 2.55. The van der Waals surface area contributed by atoms with Crippen LogP contribution in [0.4, 0.5) is 11.4 Å². The van der Waals surface area contributed by atoms with E-state index < -0.39 is 0 Å². The molecule has 3 nitrogen and oxygen atoms in total. The molecule has 0 aliphatic heterocycles. The van der Waals surface area contributed by atoms with Crippen molar-refractivity contribution in [2.75, 3.05) is 6.61 Å². The minimum Gasteiger partial charge on any atom is -0.494 e. The Labute approximate surface area is 152 Å². The third kappa shape index (κ3) is 7.51. The van der Waals surface area contributed by atoms with Gasteiger partial charge in [-0.05, 0) is 61.2 Å². The standard InChI is InChI=1S/C22H30N2O/c1-3-5-7-8-18-25-22-16-14-21(15-17-22)24-23-20-12-10-19(11-13-20)9-6-4-2/h10-17H,3-9,18H2,1-2H3. The first-order valence-electron chi connectivity index (χ1n) is 9.55. The maximum absolute atomic E-state index is 5.74. The first-order chi connectivity index (χ1) is 12.3. The van der Waals surface area contributed by atoms with E-state index in [1.807, 2.05) is 36.4 Å². The van der Waals surface area contributed by atoms with Crippen molar-refractivity contribution in [3.63, 3.8) is 0 Å². The summed E-state index contributed by atoms with van der Waals surface area (Å²) < 4.78 is 5.74. The number of hydrogen-bond acceptors (Lipinski definition) is 3. The first kappa shape index (κ1) is 19.2. The number of benzene rings is 2. The number of hydrogen-bond donors (Lipinski definition) is 0. The van der Waals surface area contributed by atoms with Crippen LogP contribution in [0.15, 0.2) is 58.8 Å². The van der Waals surface area contributed by atoms with Crippen LogP contribution in [-0.4, -0.2) is 6.61 Å². The molecule has 0 aliphatic rings. The highest BCUT2D eigenvalue weighted by molar-refractivity contribution is 5.43. The Morgan fingerprint density at radius 1 is 0.680 bits per heavy atom. The van der Waals surface area contributed by atoms with Gasteiger partial charge in [-0.25, -0.2) is 0 Å². The lowest BCUT2D eigenvalue weighted by atomic mass is 10.1. The molecule has 0 unspecified atom stereocenters. The van der Waals surface area contributed by atoms with Gasteiger partial charge in [0, 0.05) is 0 Å². The first-order valence-corrected chi connectivity index (χ1v) is 9.55. The minimum atomic E-state index is 0.783. The van der Waals surface area contributed by atoms with Crippen LogP contribution in [-0.2, 0) is 6.42 Å². The van der Waals surface area contributed by atoms with E-state index in [2.05, 4.69) is 36.2 Å². The fraction of sp³-hybridized carbons (Fsp3) is 0.455. The maximum atomic E-state index is 5.74. The number of nitrogens with zero attached hydrogens (tertiary/aromatic N) is 2. The Balaban J connectivity index is 1.80. The Morgan fingerprint density at radius 3 is 1.88 bits per heavy atom. The van der Waals surface area contributed by atoms with Crippen molar-refractivity contribution in [3.8, 4) is 5.75 Å². The van der Waals surface area contributed by atoms with Gasteiger partial charge in [-0.2, -0.15) is 10.2 Å². The van der Waals surface area contributed by atoms with Crippen molar-refractivity contribution in [1.82, 2.24) is 0 Å². The molecule has 0 aliphatic carbocycles. The monoisotopic (exact) mass is 338 g/mol. The molecule has 3 heteroatoms. The zero-order valence-corrected chi connectivity index (χ0v) is 15.6. The molecule has 134 valence electrons. The Morgan fingerprint density at radius 2 is 1.28 bits per heavy atom. The molecule has 0 fully saturated rings. The maximum Gasteiger partial charge on any atom is 0.119 e. The molecule has 0 amide bonds. The third-order valence-corrected chi connectivity index (χ3v) is 4.14. The second-order valence-electron chi connectivity index (χ2n) is 6.37. The van der Waals surface area contributed by atoms with Crippen LogP contribution in [0.25, 0.3) is 0 Å². The van der Waals surface area contributed by atoms with E-state index in [1.165, 1.54) is 37.7 Å². The van der Waals surface area contributed by atoms with E-state index in [-0.39, 0.29) is 0 Å². The lowest BCUT2D eigenvalue weighted by molar-refractivity contribution is 0.305. The molecule has 0 bridgehead atoms. The van der Waals surface area contributed by atoms with Gasteiger partial charge in [0.15, 0.2) is 0 Å². The Hall–Kier alpha value is -2.16. The summed E-state index contributed by atoms with van der Waals surface area (Å²) in [4.78, 5) is 0. The molecule has 0 radical (unpaired) electrons. The quantitative estimate of drug-likeness (QED) is 0.310. The zero-order valence-electron chi connectivity index (χ0n) is 15.6. The summed E-state index contributed by atoms with van der Waals surface area (Å²) in [6, 6.07) is 16.1. The topological polar surface area (TPSA) is 34.0 Å². The minimum absolute atomic E-state index is 0.783. The van der Waals surface area contributed by atoms with Gasteiger partial charge < -0.3 is 4.74 Å². The molecular weight excluding hydrogens is 308 g/mol. The molecule has 2 rings (SSSR count). The molecule has 0 saturated heterocycles. The second kappa shape index (κ2) is 11.4. The lowest BCUT2D eigenvalue weighted by Gasteiger charge is -2.05. The van der Waals surface area contributed by atoms with E-state index in [0.29, 0.717) is 0 Å². The molecule has 0 aromatic heterocycles. The number of ether oxygens (including phenoxy) is 1. The van der Waals surface area contributed by atoms with Gasteiger partial charge >= 0.3 is 0 Å². The van der Waals surface area contributed by atoms with Crippen LogP contribution in [0.2, 0.25) is 0 Å². The smallest absolute Gasteiger partial charge is 0.119 e. The van der Waals surface area contributed by atoms with Crippen molar-refractivity contribution in [2.45, 2.75) is 58.8 Å². The summed E-state index contributed by atoms with van der Waals surface area (Å²) in [5.74, 6) is 0.899. The average molecular weight is 338 g/mol. The summed E-state index contributed by atoms with van der Waals surface area (Å²) in [6.45, 7) is 5.21. The third-order valence-electron chi connectivity index (χ3n) is 4.14. The number of azo groups is 1. The molecule has 2 aromatic carbocycles. The van der Waals surface area contributed by atoms with Crippen molar-refractivity contribution in [2.24, 2.45) is 10.2 Å². The Bertz CT molecular complexity index is 617. The predicted molar refractivity (Wildman–Crippen MR) is 105 cm³/mol. The van der Waals surface area contributed by atoms with Gasteiger partial charge in [0.1, 0.15) is 5.75 Å². The van der Waals surface area contributed by atoms with Gasteiger partial charge in [-0.15, -0.1) is 0 Å². The van der Waals surface area contributed by atoms with Gasteiger partial charge in [-0.3, -0.25) is 0 Å². The number of unbranched alkanes of at least 4 members (excludes halogenated alkanes) is 4. The van der Waals surface area contributed by atoms with Crippen LogP contribution in [0.5, 0.6) is 5.75 Å². The largest absolute Gasteiger partial charge is 0.494 e. The molecular formula is C22H30N2O. The van der Waals surface area contributed by atoms with E-state index in [0.717, 1.165) is 36.6 Å². The molecule has 0 heterocycles. The summed E-state index contributed by atoms with van der Waals surface area (Å²) in [7, 11) is 0. The van der Waals surface area contributed by atoms with Gasteiger partial charge in [0.25, 0.3) is 0 Å². The normalized spacial score (nSPS) is 11.1. The van der Waals surface area contributed by atoms with Crippen molar-refractivity contribution in [3.05, 3.63) is 54.1 Å². The van der Waals surface area contributed by atoms with Crippen LogP contribution in [0.3, 0.4) is 0 Å². The van der Waals surface area contributed by atoms with Crippen LogP contribution >= 0.6 is 0 Å². The Kier molecular flexibility index (Phi) is 8.74. The van der Waals surface area contributed by atoms with Crippen molar-refractivity contribution < 1.29 is 4.74 Å². The number of rotatable bonds is 11. The summed E-state index contributed by atoms with van der Waals surface area (Å²) in [5.41, 5.74) is 3.09. The van der Waals surface area contributed by atoms with Crippen LogP contribution in [0, 0.1) is 0 Å². The van der Waals surface area contributed by atoms with E-state index in [9.17, 15) is 0 Å². The van der Waals surface area contributed by atoms with Gasteiger partial charge in [-0.1, -0.05) is 51.7 Å². The van der Waals surface area contributed by atoms with E-state index in [1.54, 1.807) is 0 Å². The summed E-state index contributed by atoms with van der Waals surface area (Å²) in [6.07, 6.45) is 8.47. The van der Waals surface area contributed by atoms with Gasteiger partial charge in [0.05, 0.1) is 18.0 Å². The zero-order chi connectivity index (χ0) is 17.7. The molecule has 0 N–H and O–H groups in total. The molecule has 25 heavy (non-hydrogen) atoms. The SMILES string of the molecule is CCCCCCOc1ccc(N=Nc2ccc(CCCC)cc2)cc1. The predicted octanol–water partition coefficient (Wildman–Crippen LogP) is 7.40. The highest BCUT2D eigenvalue weighted by Crippen LogP contribution is 2.22. The van der Waals surface area contributed by atoms with Crippen LogP contribution < -0.4 is 4.74 Å². The van der Waals surface area contributed by atoms with Gasteiger partial charge in [0.2, 0.25) is 0 Å². The molecule has 0 atom stereocenters. The molecule has 0 spiro atoms. The molecule has 0 saturated carbocycles. The van der Waals surface area contributed by atoms with E-state index >= 15 is 0 Å². The molecule has 2 aromatic rings. The number of aryl methyl sites for hydroxylation is 1. The van der Waals surface area contributed by atoms with E-state index in [4.69, 9.17) is 4.74 Å². The van der Waals surface area contributed by atoms with Crippen LogP contribution in [0.1, 0.15) is 57.9 Å². The summed E-state index contributed by atoms with van der Waals surface area (Å²) >= 11 is 0. The van der Waals surface area contributed by atoms with Crippen molar-refractivity contribution in [1.29, 1.82) is 0 Å². The highest BCUT2D eigenvalue weighted by atomic mass is 16.5. The second-order valence-corrected chi connectivity index (χ2v) is 6.37. The van der Waals surface area contributed by atoms with Crippen molar-refractivity contribution >= 4 is 11.4 Å².